The Morgan fingerprint density at radius 2 is 1.40 bits per heavy atom. The van der Waals surface area contributed by atoms with Crippen molar-refractivity contribution < 1.29 is 26.8 Å². The van der Waals surface area contributed by atoms with Crippen molar-refractivity contribution in [2.45, 2.75) is 88.5 Å². The first-order chi connectivity index (χ1) is 19.0. The summed E-state index contributed by atoms with van der Waals surface area (Å²) in [5.74, 6) is 2.65. The minimum absolute atomic E-state index is 0.0361. The van der Waals surface area contributed by atoms with E-state index in [9.17, 15) is 13.2 Å². The van der Waals surface area contributed by atoms with Gasteiger partial charge in [-0.2, -0.15) is 0 Å². The number of amides is 1. The van der Waals surface area contributed by atoms with Crippen molar-refractivity contribution in [1.82, 2.24) is 9.13 Å². The lowest BCUT2D eigenvalue weighted by Crippen LogP contribution is -2.57. The Morgan fingerprint density at radius 1 is 0.900 bits per heavy atom. The van der Waals surface area contributed by atoms with Gasteiger partial charge < -0.3 is 5.32 Å². The number of anilines is 1. The van der Waals surface area contributed by atoms with E-state index in [2.05, 4.69) is 69.4 Å². The molecular formula is C29H44N7O3S+3. The van der Waals surface area contributed by atoms with Crippen LogP contribution in [0.5, 0.6) is 0 Å². The highest BCUT2D eigenvalue weighted by molar-refractivity contribution is 7.89. The summed E-state index contributed by atoms with van der Waals surface area (Å²) in [5.41, 5.74) is 0.580. The number of quaternary nitrogens is 1. The predicted molar refractivity (Wildman–Crippen MR) is 151 cm³/mol. The number of fused-ring (bicyclic) bond motifs is 5. The lowest BCUT2D eigenvalue weighted by molar-refractivity contribution is -1.01. The van der Waals surface area contributed by atoms with Crippen molar-refractivity contribution >= 4 is 21.6 Å². The van der Waals surface area contributed by atoms with Gasteiger partial charge in [0, 0.05) is 12.1 Å². The van der Waals surface area contributed by atoms with E-state index < -0.39 is 10.0 Å². The van der Waals surface area contributed by atoms with Crippen LogP contribution in [0.1, 0.15) is 76.4 Å². The molecular weight excluding hydrogens is 526 g/mol. The number of aryl methyl sites for hydroxylation is 2. The molecule has 0 saturated carbocycles. The van der Waals surface area contributed by atoms with Gasteiger partial charge in [-0.25, -0.2) is 27.2 Å². The van der Waals surface area contributed by atoms with Gasteiger partial charge in [0.1, 0.15) is 24.8 Å². The molecule has 0 unspecified atom stereocenters. The summed E-state index contributed by atoms with van der Waals surface area (Å²) < 4.78 is 33.3. The number of nitrogens with zero attached hydrogens (tertiary/aromatic N) is 5. The quantitative estimate of drug-likeness (QED) is 0.188. The third-order valence-electron chi connectivity index (χ3n) is 9.16. The fourth-order valence-corrected chi connectivity index (χ4v) is 7.23. The van der Waals surface area contributed by atoms with Gasteiger partial charge in [-0.1, -0.05) is 32.1 Å². The minimum Gasteiger partial charge on any atom is -0.326 e. The summed E-state index contributed by atoms with van der Waals surface area (Å²) in [4.78, 5) is 12.2. The third-order valence-corrected chi connectivity index (χ3v) is 10.1. The number of carbonyl (C=O) groups excluding carboxylic acids is 1. The predicted octanol–water partition coefficient (Wildman–Crippen LogP) is 2.76. The number of benzene rings is 1. The highest BCUT2D eigenvalue weighted by atomic mass is 32.2. The molecule has 216 valence electrons. The van der Waals surface area contributed by atoms with Crippen LogP contribution < -0.4 is 19.6 Å². The lowest BCUT2D eigenvalue weighted by Gasteiger charge is -2.35. The number of nitrogens with two attached hydrogens (primary N) is 1. The molecule has 0 saturated heterocycles. The number of unbranched alkanes of at least 4 members (excludes halogenated alkanes) is 7. The molecule has 3 aromatic rings. The van der Waals surface area contributed by atoms with E-state index in [1.165, 1.54) is 62.4 Å². The fraction of sp³-hybridized carbons (Fsp3) is 0.552. The molecule has 4 heterocycles. The van der Waals surface area contributed by atoms with Crippen LogP contribution in [0, 0.1) is 0 Å². The topological polar surface area (TPSA) is 107 Å². The van der Waals surface area contributed by atoms with Gasteiger partial charge in [-0.3, -0.25) is 4.79 Å². The molecule has 11 heteroatoms. The lowest BCUT2D eigenvalue weighted by atomic mass is 10.1. The second-order valence-electron chi connectivity index (χ2n) is 11.7. The molecule has 5 rings (SSSR count). The van der Waals surface area contributed by atoms with E-state index in [1.54, 1.807) is 12.1 Å². The number of aromatic nitrogens is 4. The van der Waals surface area contributed by atoms with E-state index in [1.807, 2.05) is 0 Å². The normalized spacial score (nSPS) is 21.3. The van der Waals surface area contributed by atoms with Crippen LogP contribution in [0.2, 0.25) is 0 Å². The molecule has 2 aliphatic rings. The summed E-state index contributed by atoms with van der Waals surface area (Å²) in [6, 6.07) is 5.93. The Balaban J connectivity index is 0.986. The van der Waals surface area contributed by atoms with Gasteiger partial charge in [0.15, 0.2) is 13.1 Å². The Labute approximate surface area is 237 Å². The van der Waals surface area contributed by atoms with Crippen molar-refractivity contribution in [3.8, 4) is 0 Å². The maximum absolute atomic E-state index is 12.2. The van der Waals surface area contributed by atoms with Crippen LogP contribution in [-0.4, -0.2) is 34.5 Å². The van der Waals surface area contributed by atoms with Gasteiger partial charge in [0.05, 0.1) is 32.5 Å². The molecule has 2 aromatic heterocycles. The largest absolute Gasteiger partial charge is 0.386 e. The number of imidazole rings is 2. The van der Waals surface area contributed by atoms with Crippen molar-refractivity contribution in [1.29, 1.82) is 0 Å². The first kappa shape index (κ1) is 28.5. The second kappa shape index (κ2) is 11.1. The molecule has 0 spiro atoms. The molecule has 3 N–H and O–H groups in total. The maximum atomic E-state index is 12.2. The Kier molecular flexibility index (Phi) is 7.91. The molecule has 0 aliphatic carbocycles. The number of carbonyl (C=O) groups is 1. The van der Waals surface area contributed by atoms with Crippen molar-refractivity contribution in [2.24, 2.45) is 19.2 Å². The van der Waals surface area contributed by atoms with Gasteiger partial charge in [-0.15, -0.1) is 9.13 Å². The monoisotopic (exact) mass is 570 g/mol. The maximum Gasteiger partial charge on any atom is 0.386 e. The molecule has 1 aromatic carbocycles. The van der Waals surface area contributed by atoms with Crippen LogP contribution in [0.3, 0.4) is 0 Å². The van der Waals surface area contributed by atoms with Gasteiger partial charge >= 0.3 is 17.4 Å². The average molecular weight is 571 g/mol. The number of rotatable bonds is 13. The number of hydrogen-bond donors (Lipinski definition) is 2. The second-order valence-corrected chi connectivity index (χ2v) is 13.3. The SMILES string of the molecule is C[n+]1ccn2c1C[N+]1(CCCCCCCCCCC(=O)Nc3ccc(S(N)(=O)=O)cc3)Cc3n(cc[n+]3C)C21C. The summed E-state index contributed by atoms with van der Waals surface area (Å²) in [6.45, 7) is 5.72. The van der Waals surface area contributed by atoms with E-state index in [4.69, 9.17) is 5.14 Å². The van der Waals surface area contributed by atoms with Crippen LogP contribution in [0.4, 0.5) is 5.69 Å². The van der Waals surface area contributed by atoms with Crippen molar-refractivity contribution in [2.75, 3.05) is 11.9 Å². The van der Waals surface area contributed by atoms with Crippen LogP contribution in [-0.2, 0) is 47.8 Å². The highest BCUT2D eigenvalue weighted by Crippen LogP contribution is 2.47. The van der Waals surface area contributed by atoms with Gasteiger partial charge in [0.2, 0.25) is 15.9 Å². The number of sulfonamides is 1. The molecule has 40 heavy (non-hydrogen) atoms. The summed E-state index contributed by atoms with van der Waals surface area (Å²) >= 11 is 0. The van der Waals surface area contributed by atoms with Crippen LogP contribution in [0.25, 0.3) is 0 Å². The van der Waals surface area contributed by atoms with Crippen LogP contribution >= 0.6 is 0 Å². The molecule has 10 nitrogen and oxygen atoms in total. The van der Waals surface area contributed by atoms with E-state index in [-0.39, 0.29) is 16.6 Å². The summed E-state index contributed by atoms with van der Waals surface area (Å²) in [6.07, 6.45) is 18.6. The molecule has 2 aliphatic heterocycles. The Morgan fingerprint density at radius 3 is 1.93 bits per heavy atom. The smallest absolute Gasteiger partial charge is 0.326 e. The fourth-order valence-electron chi connectivity index (χ4n) is 6.72. The van der Waals surface area contributed by atoms with E-state index in [0.717, 1.165) is 36.8 Å². The first-order valence-electron chi connectivity index (χ1n) is 14.5. The number of primary sulfonamides is 1. The van der Waals surface area contributed by atoms with Crippen molar-refractivity contribution in [3.05, 3.63) is 60.7 Å². The van der Waals surface area contributed by atoms with E-state index in [0.29, 0.717) is 12.1 Å². The Bertz CT molecular complexity index is 1420. The zero-order valence-corrected chi connectivity index (χ0v) is 24.9. The van der Waals surface area contributed by atoms with E-state index >= 15 is 0 Å². The zero-order chi connectivity index (χ0) is 28.5. The standard InChI is InChI=1S/C29H43N7O3S/c1-29-34-19-17-32(2)27(34)22-36(29,23-28-33(3)18-20-35(28)29)21-11-9-7-5-4-6-8-10-12-26(37)31-24-13-15-25(16-14-24)40(30,38)39/h13-20H,4-12,21-23H2,1-3H3,(H2-,30,31,37,38,39)/q+2/p+1. The minimum atomic E-state index is -3.72. The number of hydrogen-bond acceptors (Lipinski definition) is 3. The zero-order valence-electron chi connectivity index (χ0n) is 24.1. The molecule has 0 radical (unpaired) electrons. The molecule has 0 atom stereocenters. The summed E-state index contributed by atoms with van der Waals surface area (Å²) in [5, 5.41) is 7.93. The van der Waals surface area contributed by atoms with Gasteiger partial charge in [-0.05, 0) is 43.5 Å². The highest BCUT2D eigenvalue weighted by Gasteiger charge is 2.71. The average Bonchev–Trinajstić information content (AvgIpc) is 3.58. The first-order valence-corrected chi connectivity index (χ1v) is 16.0. The summed E-state index contributed by atoms with van der Waals surface area (Å²) in [7, 11) is 0.597. The van der Waals surface area contributed by atoms with Crippen LogP contribution in [0.15, 0.2) is 53.9 Å². The van der Waals surface area contributed by atoms with Crippen molar-refractivity contribution in [3.63, 3.8) is 0 Å². The molecule has 1 amide bonds. The van der Waals surface area contributed by atoms with Gasteiger partial charge in [0.25, 0.3) is 0 Å². The Hall–Kier alpha value is -3.02. The third kappa shape index (κ3) is 5.22. The molecule has 0 bridgehead atoms. The molecule has 0 fully saturated rings. The number of nitrogens with one attached hydrogen (secondary N) is 1.